The minimum atomic E-state index is -0.159. The molecule has 0 radical (unpaired) electrons. The molecule has 1 atom stereocenters. The van der Waals surface area contributed by atoms with Crippen LogP contribution in [-0.4, -0.2) is 18.0 Å². The van der Waals surface area contributed by atoms with Crippen molar-refractivity contribution < 1.29 is 9.53 Å². The maximum absolute atomic E-state index is 12.2. The van der Waals surface area contributed by atoms with Gasteiger partial charge in [0.2, 0.25) is 0 Å². The van der Waals surface area contributed by atoms with Gasteiger partial charge in [-0.3, -0.25) is 4.79 Å². The predicted molar refractivity (Wildman–Crippen MR) is 63.5 cm³/mol. The van der Waals surface area contributed by atoms with Gasteiger partial charge in [-0.15, -0.1) is 0 Å². The molecule has 1 heterocycles. The Labute approximate surface area is 96.6 Å². The summed E-state index contributed by atoms with van der Waals surface area (Å²) in [5.74, 6) is 0.378. The third-order valence-corrected chi connectivity index (χ3v) is 3.13. The maximum Gasteiger partial charge on any atom is 0.166 e. The van der Waals surface area contributed by atoms with E-state index in [0.29, 0.717) is 6.61 Å². The first-order valence-corrected chi connectivity index (χ1v) is 5.82. The molecule has 1 saturated heterocycles. The van der Waals surface area contributed by atoms with Crippen molar-refractivity contribution in [3.63, 3.8) is 0 Å². The minimum absolute atomic E-state index is 0.117. The van der Waals surface area contributed by atoms with Gasteiger partial charge in [0.1, 0.15) is 0 Å². The minimum Gasteiger partial charge on any atom is -0.376 e. The third kappa shape index (κ3) is 2.50. The van der Waals surface area contributed by atoms with E-state index < -0.39 is 0 Å². The van der Waals surface area contributed by atoms with Crippen molar-refractivity contribution in [3.8, 4) is 0 Å². The van der Waals surface area contributed by atoms with Gasteiger partial charge in [0, 0.05) is 18.1 Å². The number of carbonyl (C=O) groups is 1. The number of ketones is 1. The van der Waals surface area contributed by atoms with Crippen molar-refractivity contribution in [1.29, 1.82) is 0 Å². The summed E-state index contributed by atoms with van der Waals surface area (Å²) >= 11 is 0. The highest BCUT2D eigenvalue weighted by atomic mass is 16.5. The summed E-state index contributed by atoms with van der Waals surface area (Å²) < 4.78 is 5.63. The third-order valence-electron chi connectivity index (χ3n) is 3.13. The van der Waals surface area contributed by atoms with Crippen LogP contribution >= 0.6 is 0 Å². The molecule has 1 aliphatic rings. The van der Waals surface area contributed by atoms with Crippen LogP contribution in [0.25, 0.3) is 0 Å². The van der Waals surface area contributed by atoms with Gasteiger partial charge < -0.3 is 4.74 Å². The zero-order valence-corrected chi connectivity index (χ0v) is 9.90. The zero-order valence-electron chi connectivity index (χ0n) is 9.90. The molecular formula is C14H18O2. The molecule has 1 fully saturated rings. The second kappa shape index (κ2) is 4.38. The number of rotatable bonds is 2. The molecule has 0 N–H and O–H groups in total. The van der Waals surface area contributed by atoms with Crippen LogP contribution in [0.1, 0.15) is 37.0 Å². The molecule has 2 rings (SSSR count). The molecule has 1 aliphatic heterocycles. The van der Waals surface area contributed by atoms with Gasteiger partial charge in [0.15, 0.2) is 5.78 Å². The molecular weight excluding hydrogens is 200 g/mol. The van der Waals surface area contributed by atoms with Gasteiger partial charge in [-0.1, -0.05) is 30.3 Å². The highest BCUT2D eigenvalue weighted by molar-refractivity contribution is 5.97. The van der Waals surface area contributed by atoms with Crippen LogP contribution in [-0.2, 0) is 4.74 Å². The van der Waals surface area contributed by atoms with Crippen LogP contribution in [0.15, 0.2) is 30.3 Å². The molecule has 0 unspecified atom stereocenters. The smallest absolute Gasteiger partial charge is 0.166 e. The standard InChI is InChI=1S/C14H18O2/c1-14(2)10-12(8-9-16-14)13(15)11-6-4-3-5-7-11/h3-7,12H,8-10H2,1-2H3/t12-/m0/s1. The average molecular weight is 218 g/mol. The van der Waals surface area contributed by atoms with E-state index in [-0.39, 0.29) is 17.3 Å². The first kappa shape index (κ1) is 11.3. The number of benzene rings is 1. The molecule has 86 valence electrons. The van der Waals surface area contributed by atoms with Crippen LogP contribution in [0.2, 0.25) is 0 Å². The van der Waals surface area contributed by atoms with Crippen LogP contribution in [0.4, 0.5) is 0 Å². The van der Waals surface area contributed by atoms with Gasteiger partial charge in [-0.25, -0.2) is 0 Å². The van der Waals surface area contributed by atoms with Crippen molar-refractivity contribution in [3.05, 3.63) is 35.9 Å². The van der Waals surface area contributed by atoms with E-state index in [0.717, 1.165) is 18.4 Å². The summed E-state index contributed by atoms with van der Waals surface area (Å²) in [5.41, 5.74) is 0.665. The normalized spacial score (nSPS) is 24.0. The highest BCUT2D eigenvalue weighted by Crippen LogP contribution is 2.30. The molecule has 2 heteroatoms. The summed E-state index contributed by atoms with van der Waals surface area (Å²) in [6, 6.07) is 9.55. The summed E-state index contributed by atoms with van der Waals surface area (Å²) in [5, 5.41) is 0. The van der Waals surface area contributed by atoms with Crippen LogP contribution in [0.5, 0.6) is 0 Å². The summed E-state index contributed by atoms with van der Waals surface area (Å²) in [7, 11) is 0. The van der Waals surface area contributed by atoms with Gasteiger partial charge in [0.25, 0.3) is 0 Å². The molecule has 0 spiro atoms. The van der Waals surface area contributed by atoms with Crippen molar-refractivity contribution in [2.75, 3.05) is 6.61 Å². The molecule has 2 nitrogen and oxygen atoms in total. The molecule has 1 aromatic carbocycles. The quantitative estimate of drug-likeness (QED) is 0.713. The Bertz CT molecular complexity index is 368. The Morgan fingerprint density at radius 2 is 2.00 bits per heavy atom. The topological polar surface area (TPSA) is 26.3 Å². The molecule has 0 aromatic heterocycles. The Hall–Kier alpha value is -1.15. The van der Waals surface area contributed by atoms with E-state index in [9.17, 15) is 4.79 Å². The molecule has 16 heavy (non-hydrogen) atoms. The first-order chi connectivity index (χ1) is 7.58. The predicted octanol–water partition coefficient (Wildman–Crippen LogP) is 3.07. The lowest BCUT2D eigenvalue weighted by Gasteiger charge is -2.34. The van der Waals surface area contributed by atoms with E-state index >= 15 is 0 Å². The highest BCUT2D eigenvalue weighted by Gasteiger charge is 2.32. The molecule has 0 aliphatic carbocycles. The van der Waals surface area contributed by atoms with Crippen LogP contribution < -0.4 is 0 Å². The lowest BCUT2D eigenvalue weighted by atomic mass is 9.83. The van der Waals surface area contributed by atoms with E-state index in [1.165, 1.54) is 0 Å². The lowest BCUT2D eigenvalue weighted by molar-refractivity contribution is -0.0664. The monoisotopic (exact) mass is 218 g/mol. The second-order valence-corrected chi connectivity index (χ2v) is 5.03. The molecule has 1 aromatic rings. The molecule has 0 bridgehead atoms. The van der Waals surface area contributed by atoms with Gasteiger partial charge in [-0.2, -0.15) is 0 Å². The van der Waals surface area contributed by atoms with Gasteiger partial charge >= 0.3 is 0 Å². The summed E-state index contributed by atoms with van der Waals surface area (Å²) in [4.78, 5) is 12.2. The van der Waals surface area contributed by atoms with Crippen molar-refractivity contribution >= 4 is 5.78 Å². The summed E-state index contributed by atoms with van der Waals surface area (Å²) in [6.07, 6.45) is 1.66. The van der Waals surface area contributed by atoms with E-state index in [1.54, 1.807) is 0 Å². The first-order valence-electron chi connectivity index (χ1n) is 5.82. The fraction of sp³-hybridized carbons (Fsp3) is 0.500. The number of hydrogen-bond acceptors (Lipinski definition) is 2. The Morgan fingerprint density at radius 3 is 2.62 bits per heavy atom. The molecule has 0 amide bonds. The van der Waals surface area contributed by atoms with E-state index in [4.69, 9.17) is 4.74 Å². The van der Waals surface area contributed by atoms with Crippen molar-refractivity contribution in [2.45, 2.75) is 32.3 Å². The largest absolute Gasteiger partial charge is 0.376 e. The Kier molecular flexibility index (Phi) is 3.10. The lowest BCUT2D eigenvalue weighted by Crippen LogP contribution is -2.37. The van der Waals surface area contributed by atoms with Crippen molar-refractivity contribution in [2.24, 2.45) is 5.92 Å². The maximum atomic E-state index is 12.2. The number of hydrogen-bond donors (Lipinski definition) is 0. The van der Waals surface area contributed by atoms with Crippen LogP contribution in [0, 0.1) is 5.92 Å². The van der Waals surface area contributed by atoms with Crippen LogP contribution in [0.3, 0.4) is 0 Å². The van der Waals surface area contributed by atoms with E-state index in [1.807, 2.05) is 30.3 Å². The zero-order chi connectivity index (χ0) is 11.6. The van der Waals surface area contributed by atoms with E-state index in [2.05, 4.69) is 13.8 Å². The fourth-order valence-corrected chi connectivity index (χ4v) is 2.29. The fourth-order valence-electron chi connectivity index (χ4n) is 2.29. The van der Waals surface area contributed by atoms with Gasteiger partial charge in [-0.05, 0) is 26.7 Å². The SMILES string of the molecule is CC1(C)C[C@@H](C(=O)c2ccccc2)CCO1. The number of ether oxygens (including phenoxy) is 1. The Morgan fingerprint density at radius 1 is 1.31 bits per heavy atom. The molecule has 0 saturated carbocycles. The second-order valence-electron chi connectivity index (χ2n) is 5.03. The van der Waals surface area contributed by atoms with Crippen molar-refractivity contribution in [1.82, 2.24) is 0 Å². The number of Topliss-reactive ketones (excluding diaryl/α,β-unsaturated/α-hetero) is 1. The summed E-state index contributed by atoms with van der Waals surface area (Å²) in [6.45, 7) is 4.80. The Balaban J connectivity index is 2.11. The average Bonchev–Trinajstić information content (AvgIpc) is 2.28. The van der Waals surface area contributed by atoms with Gasteiger partial charge in [0.05, 0.1) is 5.60 Å². The number of carbonyl (C=O) groups excluding carboxylic acids is 1.